The number of rotatable bonds is 6. The number of likely N-dealkylation sites (tertiary alicyclic amines) is 2. The normalized spacial score (nSPS) is 34.2. The Bertz CT molecular complexity index is 1310. The lowest BCUT2D eigenvalue weighted by molar-refractivity contribution is -0.142. The number of carboxylic acid groups (broad SMARTS) is 1. The lowest BCUT2D eigenvalue weighted by Crippen LogP contribution is -2.60. The smallest absolute Gasteiger partial charge is 0.303 e. The van der Waals surface area contributed by atoms with Crippen molar-refractivity contribution in [2.45, 2.75) is 41.3 Å². The minimum Gasteiger partial charge on any atom is -0.504 e. The van der Waals surface area contributed by atoms with Crippen LogP contribution >= 0.6 is 23.2 Å². The average molecular weight is 565 g/mol. The number of carboxylic acids is 1. The second kappa shape index (κ2) is 8.98. The van der Waals surface area contributed by atoms with Gasteiger partial charge in [-0.3, -0.25) is 33.8 Å². The van der Waals surface area contributed by atoms with Gasteiger partial charge in [0.15, 0.2) is 21.2 Å². The third-order valence-electron chi connectivity index (χ3n) is 8.44. The Kier molecular flexibility index (Phi) is 6.26. The van der Waals surface area contributed by atoms with Gasteiger partial charge in [0.2, 0.25) is 11.8 Å². The summed E-state index contributed by atoms with van der Waals surface area (Å²) >= 11 is 14.1. The van der Waals surface area contributed by atoms with Gasteiger partial charge in [0, 0.05) is 31.5 Å². The zero-order valence-electron chi connectivity index (χ0n) is 20.6. The molecule has 6 atom stereocenters. The number of hydrogen-bond acceptors (Lipinski definition) is 7. The van der Waals surface area contributed by atoms with E-state index in [2.05, 4.69) is 0 Å². The molecule has 202 valence electrons. The number of alkyl halides is 2. The van der Waals surface area contributed by atoms with Crippen molar-refractivity contribution in [3.63, 3.8) is 0 Å². The number of hydrogen-bond donors (Lipinski definition) is 2. The van der Waals surface area contributed by atoms with E-state index in [0.717, 1.165) is 9.80 Å². The highest BCUT2D eigenvalue weighted by molar-refractivity contribution is 6.53. The van der Waals surface area contributed by atoms with Gasteiger partial charge in [0.05, 0.1) is 18.9 Å². The molecule has 4 amide bonds. The van der Waals surface area contributed by atoms with E-state index in [0.29, 0.717) is 5.57 Å². The van der Waals surface area contributed by atoms with Crippen molar-refractivity contribution in [3.05, 3.63) is 35.4 Å². The first-order chi connectivity index (χ1) is 17.9. The number of carbonyl (C=O) groups excluding carboxylic acids is 4. The SMILES string of the molecule is COc1cccc(C2C3=CCC4C(=O)N(CCCC(=O)O)C(=O)C4C3CC3(Cl)C(=O)N(C)C(=O)C23Cl)c1O. The molecular weight excluding hydrogens is 539 g/mol. The number of ether oxygens (including phenoxy) is 1. The maximum Gasteiger partial charge on any atom is 0.303 e. The molecule has 2 heterocycles. The fourth-order valence-electron chi connectivity index (χ4n) is 6.70. The number of amides is 4. The van der Waals surface area contributed by atoms with Crippen molar-refractivity contribution in [2.24, 2.45) is 17.8 Å². The number of imide groups is 2. The Morgan fingerprint density at radius 3 is 2.50 bits per heavy atom. The summed E-state index contributed by atoms with van der Waals surface area (Å²) in [6, 6.07) is 4.70. The largest absolute Gasteiger partial charge is 0.504 e. The van der Waals surface area contributed by atoms with Crippen LogP contribution in [0.4, 0.5) is 0 Å². The highest BCUT2D eigenvalue weighted by Crippen LogP contribution is 2.66. The van der Waals surface area contributed by atoms with Crippen molar-refractivity contribution in [1.29, 1.82) is 0 Å². The third-order valence-corrected chi connectivity index (χ3v) is 9.85. The van der Waals surface area contributed by atoms with Crippen LogP contribution in [0.2, 0.25) is 0 Å². The van der Waals surface area contributed by atoms with Gasteiger partial charge in [0.1, 0.15) is 0 Å². The summed E-state index contributed by atoms with van der Waals surface area (Å²) < 4.78 is 5.26. The van der Waals surface area contributed by atoms with Crippen molar-refractivity contribution >= 4 is 52.8 Å². The Labute approximate surface area is 228 Å². The van der Waals surface area contributed by atoms with Crippen LogP contribution < -0.4 is 4.74 Å². The molecule has 2 aliphatic carbocycles. The van der Waals surface area contributed by atoms with Gasteiger partial charge < -0.3 is 14.9 Å². The van der Waals surface area contributed by atoms with Crippen LogP contribution in [0.15, 0.2) is 29.8 Å². The van der Waals surface area contributed by atoms with Gasteiger partial charge in [-0.25, -0.2) is 0 Å². The molecule has 5 rings (SSSR count). The number of carbonyl (C=O) groups is 5. The lowest BCUT2D eigenvalue weighted by atomic mass is 9.56. The summed E-state index contributed by atoms with van der Waals surface area (Å²) in [6.07, 6.45) is 1.69. The summed E-state index contributed by atoms with van der Waals surface area (Å²) in [5.41, 5.74) is 0.761. The van der Waals surface area contributed by atoms with Gasteiger partial charge in [-0.2, -0.15) is 0 Å². The fourth-order valence-corrected chi connectivity index (χ4v) is 7.71. The van der Waals surface area contributed by atoms with Crippen molar-refractivity contribution in [3.8, 4) is 11.5 Å². The predicted molar refractivity (Wildman–Crippen MR) is 134 cm³/mol. The molecule has 6 unspecified atom stereocenters. The van der Waals surface area contributed by atoms with Crippen LogP contribution in [0.25, 0.3) is 0 Å². The zero-order valence-corrected chi connectivity index (χ0v) is 22.2. The summed E-state index contributed by atoms with van der Waals surface area (Å²) in [5, 5.41) is 20.1. The molecule has 0 aromatic heterocycles. The van der Waals surface area contributed by atoms with E-state index in [1.165, 1.54) is 20.2 Å². The quantitative estimate of drug-likeness (QED) is 0.304. The fraction of sp³-hybridized carbons (Fsp3) is 0.500. The topological polar surface area (TPSA) is 142 Å². The van der Waals surface area contributed by atoms with Gasteiger partial charge in [0.25, 0.3) is 11.8 Å². The third kappa shape index (κ3) is 3.35. The standard InChI is InChI=1S/C26H26Cl2N2O8/c1-29-23(36)25(27)11-15-12(8-9-13-18(15)22(35)30(21(13)34)10-4-7-17(31)32)19(26(25,28)24(29)37)14-5-3-6-16(38-2)20(14)33/h3,5-6,8,13,15,18-19,33H,4,7,9-11H2,1-2H3,(H,31,32). The number of halogens is 2. The Morgan fingerprint density at radius 1 is 1.13 bits per heavy atom. The molecular formula is C26H26Cl2N2O8. The lowest BCUT2D eigenvalue weighted by Gasteiger charge is -2.50. The first-order valence-corrected chi connectivity index (χ1v) is 13.0. The summed E-state index contributed by atoms with van der Waals surface area (Å²) in [5.74, 6) is -6.90. The van der Waals surface area contributed by atoms with E-state index in [1.807, 2.05) is 0 Å². The van der Waals surface area contributed by atoms with E-state index in [9.17, 15) is 29.1 Å². The molecule has 10 nitrogen and oxygen atoms in total. The predicted octanol–water partition coefficient (Wildman–Crippen LogP) is 2.25. The minimum atomic E-state index is -2.01. The average Bonchev–Trinajstić information content (AvgIpc) is 3.19. The van der Waals surface area contributed by atoms with Crippen molar-refractivity contribution in [1.82, 2.24) is 9.80 Å². The number of fused-ring (bicyclic) bond motifs is 4. The van der Waals surface area contributed by atoms with E-state index in [4.69, 9.17) is 33.0 Å². The summed E-state index contributed by atoms with van der Waals surface area (Å²) in [6.45, 7) is -0.0370. The Hall–Kier alpha value is -3.11. The van der Waals surface area contributed by atoms with Crippen LogP contribution in [-0.4, -0.2) is 80.1 Å². The molecule has 2 saturated heterocycles. The van der Waals surface area contributed by atoms with E-state index in [-0.39, 0.29) is 49.3 Å². The number of aromatic hydroxyl groups is 1. The maximum absolute atomic E-state index is 13.6. The number of allylic oxidation sites excluding steroid dienone is 2. The molecule has 1 aromatic rings. The molecule has 2 aliphatic heterocycles. The molecule has 4 aliphatic rings. The molecule has 2 N–H and O–H groups in total. The van der Waals surface area contributed by atoms with Gasteiger partial charge in [-0.1, -0.05) is 23.8 Å². The van der Waals surface area contributed by atoms with Crippen LogP contribution in [0, 0.1) is 17.8 Å². The van der Waals surface area contributed by atoms with Crippen LogP contribution in [0.1, 0.15) is 37.2 Å². The second-order valence-electron chi connectivity index (χ2n) is 10.2. The highest BCUT2D eigenvalue weighted by atomic mass is 35.5. The number of phenolic OH excluding ortho intramolecular Hbond substituents is 1. The van der Waals surface area contributed by atoms with Gasteiger partial charge in [-0.15, -0.1) is 23.2 Å². The Balaban J connectivity index is 1.64. The van der Waals surface area contributed by atoms with Crippen molar-refractivity contribution in [2.75, 3.05) is 20.7 Å². The van der Waals surface area contributed by atoms with E-state index in [1.54, 1.807) is 18.2 Å². The monoisotopic (exact) mass is 564 g/mol. The molecule has 0 spiro atoms. The molecule has 3 fully saturated rings. The van der Waals surface area contributed by atoms with Gasteiger partial charge >= 0.3 is 5.97 Å². The molecule has 1 aromatic carbocycles. The van der Waals surface area contributed by atoms with Crippen LogP contribution in [0.5, 0.6) is 11.5 Å². The molecule has 38 heavy (non-hydrogen) atoms. The molecule has 0 radical (unpaired) electrons. The first kappa shape index (κ1) is 26.5. The summed E-state index contributed by atoms with van der Waals surface area (Å²) in [7, 11) is 2.66. The number of para-hydroxylation sites is 1. The number of benzene rings is 1. The first-order valence-electron chi connectivity index (χ1n) is 12.2. The Morgan fingerprint density at radius 2 is 1.84 bits per heavy atom. The second-order valence-corrected chi connectivity index (χ2v) is 11.5. The van der Waals surface area contributed by atoms with E-state index >= 15 is 0 Å². The highest BCUT2D eigenvalue weighted by Gasteiger charge is 2.76. The number of methoxy groups -OCH3 is 1. The zero-order chi connectivity index (χ0) is 27.7. The molecule has 12 heteroatoms. The number of phenols is 1. The van der Waals surface area contributed by atoms with Crippen LogP contribution in [0.3, 0.4) is 0 Å². The van der Waals surface area contributed by atoms with Crippen LogP contribution in [-0.2, 0) is 24.0 Å². The van der Waals surface area contributed by atoms with Crippen molar-refractivity contribution < 1.29 is 38.9 Å². The van der Waals surface area contributed by atoms with Gasteiger partial charge in [-0.05, 0) is 31.2 Å². The summed E-state index contributed by atoms with van der Waals surface area (Å²) in [4.78, 5) is 62.7. The maximum atomic E-state index is 13.6. The molecule has 1 saturated carbocycles. The van der Waals surface area contributed by atoms with E-state index < -0.39 is 63.0 Å². The minimum absolute atomic E-state index is 0.0370. The number of nitrogens with zero attached hydrogens (tertiary/aromatic N) is 2. The number of aliphatic carboxylic acids is 1. The molecule has 0 bridgehead atoms.